The highest BCUT2D eigenvalue weighted by atomic mass is 16.3. The van der Waals surface area contributed by atoms with E-state index in [1.807, 2.05) is 36.4 Å². The van der Waals surface area contributed by atoms with Crippen LogP contribution in [0.15, 0.2) is 63.9 Å². The molecule has 0 saturated carbocycles. The first-order chi connectivity index (χ1) is 9.24. The second-order valence-corrected chi connectivity index (χ2v) is 4.48. The Hall–Kier alpha value is -2.33. The quantitative estimate of drug-likeness (QED) is 0.780. The van der Waals surface area contributed by atoms with E-state index in [0.29, 0.717) is 12.3 Å². The Kier molecular flexibility index (Phi) is 2.93. The Morgan fingerprint density at radius 1 is 1.16 bits per heavy atom. The predicted molar refractivity (Wildman–Crippen MR) is 73.8 cm³/mol. The zero-order chi connectivity index (χ0) is 13.2. The van der Waals surface area contributed by atoms with Crippen LogP contribution in [0.5, 0.6) is 0 Å². The molecule has 2 aromatic heterocycles. The molecule has 0 spiro atoms. The van der Waals surface area contributed by atoms with Crippen LogP contribution in [0.4, 0.5) is 0 Å². The van der Waals surface area contributed by atoms with Crippen molar-refractivity contribution in [1.82, 2.24) is 4.57 Å². The first kappa shape index (κ1) is 11.7. The van der Waals surface area contributed by atoms with Crippen molar-refractivity contribution in [2.75, 3.05) is 0 Å². The van der Waals surface area contributed by atoms with Crippen molar-refractivity contribution in [3.63, 3.8) is 0 Å². The van der Waals surface area contributed by atoms with E-state index in [-0.39, 0.29) is 11.6 Å². The lowest BCUT2D eigenvalue weighted by Crippen LogP contribution is -2.25. The largest absolute Gasteiger partial charge is 0.459 e. The van der Waals surface area contributed by atoms with Gasteiger partial charge >= 0.3 is 0 Å². The van der Waals surface area contributed by atoms with Crippen LogP contribution in [0.25, 0.3) is 11.0 Å². The Labute approximate surface area is 110 Å². The van der Waals surface area contributed by atoms with Crippen LogP contribution in [0.2, 0.25) is 0 Å². The van der Waals surface area contributed by atoms with Crippen molar-refractivity contribution >= 4 is 11.0 Å². The Morgan fingerprint density at radius 2 is 1.95 bits per heavy atom. The molecule has 2 N–H and O–H groups in total. The number of para-hydroxylation sites is 1. The van der Waals surface area contributed by atoms with Crippen LogP contribution in [0.3, 0.4) is 0 Å². The fourth-order valence-electron chi connectivity index (χ4n) is 2.10. The number of nitrogens with zero attached hydrogens (tertiary/aromatic N) is 1. The third kappa shape index (κ3) is 2.30. The van der Waals surface area contributed by atoms with E-state index in [0.717, 1.165) is 11.0 Å². The monoisotopic (exact) mass is 254 g/mol. The van der Waals surface area contributed by atoms with Crippen LogP contribution >= 0.6 is 0 Å². The van der Waals surface area contributed by atoms with E-state index in [2.05, 4.69) is 0 Å². The zero-order valence-electron chi connectivity index (χ0n) is 10.3. The lowest BCUT2D eigenvalue weighted by atomic mass is 10.2. The average molecular weight is 254 g/mol. The molecule has 1 aromatic carbocycles. The predicted octanol–water partition coefficient (Wildman–Crippen LogP) is 2.29. The van der Waals surface area contributed by atoms with Crippen molar-refractivity contribution in [1.29, 1.82) is 0 Å². The number of hydrogen-bond donors (Lipinski definition) is 1. The van der Waals surface area contributed by atoms with Gasteiger partial charge in [0.2, 0.25) is 0 Å². The Bertz CT molecular complexity index is 725. The zero-order valence-corrected chi connectivity index (χ0v) is 10.3. The number of pyridine rings is 1. The molecule has 1 atom stereocenters. The molecule has 96 valence electrons. The van der Waals surface area contributed by atoms with Crippen molar-refractivity contribution in [2.24, 2.45) is 5.73 Å². The molecule has 0 radical (unpaired) electrons. The van der Waals surface area contributed by atoms with E-state index in [4.69, 9.17) is 10.2 Å². The van der Waals surface area contributed by atoms with Crippen LogP contribution in [0.1, 0.15) is 11.8 Å². The van der Waals surface area contributed by atoms with Gasteiger partial charge in [0.1, 0.15) is 11.3 Å². The third-order valence-corrected chi connectivity index (χ3v) is 3.10. The van der Waals surface area contributed by atoms with Gasteiger partial charge in [-0.25, -0.2) is 0 Å². The van der Waals surface area contributed by atoms with Crippen LogP contribution in [-0.4, -0.2) is 4.57 Å². The number of benzene rings is 1. The highest BCUT2D eigenvalue weighted by molar-refractivity contribution is 5.77. The Balaban J connectivity index is 1.90. The van der Waals surface area contributed by atoms with E-state index in [1.165, 1.54) is 6.07 Å². The van der Waals surface area contributed by atoms with Gasteiger partial charge in [-0.3, -0.25) is 4.79 Å². The number of nitrogens with two attached hydrogens (primary N) is 1. The fourth-order valence-corrected chi connectivity index (χ4v) is 2.10. The lowest BCUT2D eigenvalue weighted by Gasteiger charge is -2.10. The summed E-state index contributed by atoms with van der Waals surface area (Å²) in [5, 5.41) is 1.02. The molecule has 0 fully saturated rings. The van der Waals surface area contributed by atoms with Gasteiger partial charge in [0.15, 0.2) is 0 Å². The number of fused-ring (bicyclic) bond motifs is 1. The molecule has 0 saturated heterocycles. The summed E-state index contributed by atoms with van der Waals surface area (Å²) >= 11 is 0. The molecule has 0 aliphatic carbocycles. The van der Waals surface area contributed by atoms with E-state index >= 15 is 0 Å². The van der Waals surface area contributed by atoms with Gasteiger partial charge in [-0.2, -0.15) is 0 Å². The maximum Gasteiger partial charge on any atom is 0.250 e. The minimum atomic E-state index is -0.340. The molecule has 0 amide bonds. The number of hydrogen-bond acceptors (Lipinski definition) is 3. The summed E-state index contributed by atoms with van der Waals surface area (Å²) in [4.78, 5) is 11.6. The van der Waals surface area contributed by atoms with E-state index < -0.39 is 0 Å². The van der Waals surface area contributed by atoms with Gasteiger partial charge in [0.25, 0.3) is 5.56 Å². The summed E-state index contributed by atoms with van der Waals surface area (Å²) in [5.41, 5.74) is 6.86. The van der Waals surface area contributed by atoms with Gasteiger partial charge in [-0.05, 0) is 18.2 Å². The standard InChI is InChI=1S/C15H14N2O2/c16-12(10-17-8-4-3-7-15(17)18)14-9-11-5-1-2-6-13(11)19-14/h1-9,12H,10,16H2. The first-order valence-corrected chi connectivity index (χ1v) is 6.13. The molecular formula is C15H14N2O2. The second kappa shape index (κ2) is 4.74. The second-order valence-electron chi connectivity index (χ2n) is 4.48. The molecule has 2 heterocycles. The van der Waals surface area contributed by atoms with Crippen LogP contribution < -0.4 is 11.3 Å². The summed E-state index contributed by atoms with van der Waals surface area (Å²) in [6, 6.07) is 14.4. The van der Waals surface area contributed by atoms with Crippen molar-refractivity contribution in [2.45, 2.75) is 12.6 Å². The highest BCUT2D eigenvalue weighted by Crippen LogP contribution is 2.23. The molecule has 0 aliphatic rings. The first-order valence-electron chi connectivity index (χ1n) is 6.13. The maximum atomic E-state index is 11.6. The minimum Gasteiger partial charge on any atom is -0.459 e. The van der Waals surface area contributed by atoms with Crippen LogP contribution in [0, 0.1) is 0 Å². The summed E-state index contributed by atoms with van der Waals surface area (Å²) in [6.07, 6.45) is 1.73. The normalized spacial score (nSPS) is 12.7. The van der Waals surface area contributed by atoms with E-state index in [9.17, 15) is 4.79 Å². The number of rotatable bonds is 3. The summed E-state index contributed by atoms with van der Waals surface area (Å²) in [5.74, 6) is 0.692. The van der Waals surface area contributed by atoms with Crippen molar-refractivity contribution in [3.8, 4) is 0 Å². The van der Waals surface area contributed by atoms with Gasteiger partial charge in [0, 0.05) is 24.2 Å². The molecule has 4 nitrogen and oxygen atoms in total. The molecule has 0 bridgehead atoms. The molecule has 19 heavy (non-hydrogen) atoms. The maximum absolute atomic E-state index is 11.6. The summed E-state index contributed by atoms with van der Waals surface area (Å²) in [7, 11) is 0. The third-order valence-electron chi connectivity index (χ3n) is 3.10. The molecule has 4 heteroatoms. The molecule has 0 aliphatic heterocycles. The van der Waals surface area contributed by atoms with Crippen molar-refractivity contribution < 1.29 is 4.42 Å². The van der Waals surface area contributed by atoms with E-state index in [1.54, 1.807) is 16.8 Å². The molecule has 3 rings (SSSR count). The van der Waals surface area contributed by atoms with Gasteiger partial charge in [0.05, 0.1) is 6.04 Å². The molecular weight excluding hydrogens is 240 g/mol. The van der Waals surface area contributed by atoms with Gasteiger partial charge in [-0.15, -0.1) is 0 Å². The summed E-state index contributed by atoms with van der Waals surface area (Å²) in [6.45, 7) is 0.402. The number of aromatic nitrogens is 1. The average Bonchev–Trinajstić information content (AvgIpc) is 2.85. The summed E-state index contributed by atoms with van der Waals surface area (Å²) < 4.78 is 7.28. The SMILES string of the molecule is NC(Cn1ccccc1=O)c1cc2ccccc2o1. The highest BCUT2D eigenvalue weighted by Gasteiger charge is 2.12. The fraction of sp³-hybridized carbons (Fsp3) is 0.133. The molecule has 3 aromatic rings. The van der Waals surface area contributed by atoms with Crippen molar-refractivity contribution in [3.05, 3.63) is 70.8 Å². The number of furan rings is 1. The van der Waals surface area contributed by atoms with Crippen LogP contribution in [-0.2, 0) is 6.54 Å². The smallest absolute Gasteiger partial charge is 0.250 e. The van der Waals surface area contributed by atoms with Gasteiger partial charge in [-0.1, -0.05) is 24.3 Å². The molecule has 1 unspecified atom stereocenters. The minimum absolute atomic E-state index is 0.0611. The Morgan fingerprint density at radius 3 is 2.74 bits per heavy atom. The lowest BCUT2D eigenvalue weighted by molar-refractivity contribution is 0.451. The topological polar surface area (TPSA) is 61.2 Å². The van der Waals surface area contributed by atoms with Gasteiger partial charge < -0.3 is 14.7 Å².